The van der Waals surface area contributed by atoms with Crippen LogP contribution >= 0.6 is 0 Å². The number of nitrogens with two attached hydrogens (primary N) is 1. The fourth-order valence-corrected chi connectivity index (χ4v) is 2.94. The zero-order valence-corrected chi connectivity index (χ0v) is 12.4. The van der Waals surface area contributed by atoms with Crippen LogP contribution in [0.3, 0.4) is 0 Å². The number of imidazole rings is 1. The Hall–Kier alpha value is -1.77. The van der Waals surface area contributed by atoms with Gasteiger partial charge < -0.3 is 10.3 Å². The first kappa shape index (κ1) is 13.2. The van der Waals surface area contributed by atoms with Gasteiger partial charge in [-0.1, -0.05) is 31.2 Å². The van der Waals surface area contributed by atoms with Crippen molar-refractivity contribution in [3.63, 3.8) is 0 Å². The molecule has 1 saturated carbocycles. The maximum atomic E-state index is 6.37. The molecule has 2 N–H and O–H groups in total. The first-order valence-electron chi connectivity index (χ1n) is 7.70. The smallest absolute Gasteiger partial charge is 0.131 e. The van der Waals surface area contributed by atoms with Gasteiger partial charge in [-0.3, -0.25) is 0 Å². The van der Waals surface area contributed by atoms with Crippen LogP contribution in [-0.2, 0) is 13.0 Å². The molecule has 2 aromatic rings. The molecular weight excluding hydrogens is 246 g/mol. The zero-order valence-electron chi connectivity index (χ0n) is 12.4. The largest absolute Gasteiger partial charge is 0.383 e. The number of nitrogens with zero attached hydrogens (tertiary/aromatic N) is 2. The van der Waals surface area contributed by atoms with Crippen LogP contribution in [0, 0.1) is 0 Å². The minimum Gasteiger partial charge on any atom is -0.383 e. The molecule has 0 radical (unpaired) electrons. The van der Waals surface area contributed by atoms with Crippen molar-refractivity contribution >= 4 is 5.82 Å². The topological polar surface area (TPSA) is 43.8 Å². The van der Waals surface area contributed by atoms with Crippen molar-refractivity contribution < 1.29 is 0 Å². The predicted molar refractivity (Wildman–Crippen MR) is 83.7 cm³/mol. The van der Waals surface area contributed by atoms with Gasteiger partial charge in [-0.2, -0.15) is 0 Å². The average molecular weight is 269 g/mol. The summed E-state index contributed by atoms with van der Waals surface area (Å²) in [5, 5.41) is 0. The van der Waals surface area contributed by atoms with Crippen molar-refractivity contribution in [3.05, 3.63) is 35.7 Å². The lowest BCUT2D eigenvalue weighted by molar-refractivity contribution is 0.690. The van der Waals surface area contributed by atoms with Crippen LogP contribution in [0.5, 0.6) is 0 Å². The zero-order chi connectivity index (χ0) is 14.1. The van der Waals surface area contributed by atoms with Gasteiger partial charge in [-0.05, 0) is 37.7 Å². The average Bonchev–Trinajstić information content (AvgIpc) is 3.25. The standard InChI is InChI=1S/C17H23N3/c1-3-7-15-19-16(17(18)20(15)4-2)14-9-6-5-8-13(14)12-10-11-12/h5-6,8-9,12H,3-4,7,10-11,18H2,1-2H3. The molecule has 1 fully saturated rings. The number of rotatable bonds is 5. The molecule has 0 atom stereocenters. The molecule has 106 valence electrons. The van der Waals surface area contributed by atoms with E-state index in [9.17, 15) is 0 Å². The number of hydrogen-bond acceptors (Lipinski definition) is 2. The van der Waals surface area contributed by atoms with Crippen LogP contribution in [0.2, 0.25) is 0 Å². The molecular formula is C17H23N3. The molecule has 1 aromatic heterocycles. The highest BCUT2D eigenvalue weighted by Gasteiger charge is 2.27. The molecule has 0 amide bonds. The maximum Gasteiger partial charge on any atom is 0.131 e. The molecule has 20 heavy (non-hydrogen) atoms. The summed E-state index contributed by atoms with van der Waals surface area (Å²) in [6.45, 7) is 5.20. The number of aryl methyl sites for hydroxylation is 1. The van der Waals surface area contributed by atoms with E-state index in [1.54, 1.807) is 0 Å². The SMILES string of the molecule is CCCc1nc(-c2ccccc2C2CC2)c(N)n1CC. The maximum absolute atomic E-state index is 6.37. The molecule has 3 heteroatoms. The second-order valence-electron chi connectivity index (χ2n) is 5.62. The van der Waals surface area contributed by atoms with E-state index in [0.717, 1.165) is 36.7 Å². The molecule has 3 rings (SSSR count). The lowest BCUT2D eigenvalue weighted by Crippen LogP contribution is -2.05. The monoisotopic (exact) mass is 269 g/mol. The van der Waals surface area contributed by atoms with Crippen molar-refractivity contribution in [2.45, 2.75) is 52.0 Å². The van der Waals surface area contributed by atoms with Gasteiger partial charge in [0.15, 0.2) is 0 Å². The Labute approximate surface area is 120 Å². The second kappa shape index (κ2) is 5.31. The van der Waals surface area contributed by atoms with Gasteiger partial charge >= 0.3 is 0 Å². The molecule has 0 bridgehead atoms. The van der Waals surface area contributed by atoms with Crippen LogP contribution in [0.1, 0.15) is 50.4 Å². The van der Waals surface area contributed by atoms with Crippen molar-refractivity contribution in [1.29, 1.82) is 0 Å². The number of nitrogen functional groups attached to an aromatic ring is 1. The third-order valence-electron chi connectivity index (χ3n) is 4.11. The molecule has 1 aliphatic rings. The molecule has 0 saturated heterocycles. The van der Waals surface area contributed by atoms with E-state index < -0.39 is 0 Å². The Kier molecular flexibility index (Phi) is 3.51. The highest BCUT2D eigenvalue weighted by molar-refractivity contribution is 5.74. The highest BCUT2D eigenvalue weighted by atomic mass is 15.1. The Morgan fingerprint density at radius 2 is 2.00 bits per heavy atom. The lowest BCUT2D eigenvalue weighted by Gasteiger charge is -2.08. The van der Waals surface area contributed by atoms with Gasteiger partial charge in [-0.25, -0.2) is 4.98 Å². The van der Waals surface area contributed by atoms with E-state index in [1.807, 2.05) is 0 Å². The molecule has 1 heterocycles. The van der Waals surface area contributed by atoms with Gasteiger partial charge in [0.25, 0.3) is 0 Å². The summed E-state index contributed by atoms with van der Waals surface area (Å²) in [6.07, 6.45) is 4.68. The van der Waals surface area contributed by atoms with Crippen molar-refractivity contribution in [1.82, 2.24) is 9.55 Å². The molecule has 0 spiro atoms. The van der Waals surface area contributed by atoms with Gasteiger partial charge in [0.1, 0.15) is 17.3 Å². The summed E-state index contributed by atoms with van der Waals surface area (Å²) in [7, 11) is 0. The quantitative estimate of drug-likeness (QED) is 0.892. The fraction of sp³-hybridized carbons (Fsp3) is 0.471. The van der Waals surface area contributed by atoms with E-state index in [4.69, 9.17) is 10.7 Å². The summed E-state index contributed by atoms with van der Waals surface area (Å²) in [4.78, 5) is 4.85. The Morgan fingerprint density at radius 3 is 2.65 bits per heavy atom. The number of aromatic nitrogens is 2. The van der Waals surface area contributed by atoms with Crippen molar-refractivity contribution in [2.75, 3.05) is 5.73 Å². The van der Waals surface area contributed by atoms with E-state index in [-0.39, 0.29) is 0 Å². The van der Waals surface area contributed by atoms with Crippen molar-refractivity contribution in [2.24, 2.45) is 0 Å². The van der Waals surface area contributed by atoms with E-state index >= 15 is 0 Å². The predicted octanol–water partition coefficient (Wildman–Crippen LogP) is 3.98. The first-order valence-corrected chi connectivity index (χ1v) is 7.70. The number of hydrogen-bond donors (Lipinski definition) is 1. The summed E-state index contributed by atoms with van der Waals surface area (Å²) in [5.41, 5.74) is 10.0. The fourth-order valence-electron chi connectivity index (χ4n) is 2.94. The molecule has 0 unspecified atom stereocenters. The second-order valence-corrected chi connectivity index (χ2v) is 5.62. The third-order valence-corrected chi connectivity index (χ3v) is 4.11. The Bertz CT molecular complexity index is 609. The summed E-state index contributed by atoms with van der Waals surface area (Å²) in [6, 6.07) is 8.61. The van der Waals surface area contributed by atoms with Crippen LogP contribution in [0.15, 0.2) is 24.3 Å². The van der Waals surface area contributed by atoms with Crippen LogP contribution in [-0.4, -0.2) is 9.55 Å². The van der Waals surface area contributed by atoms with Gasteiger partial charge in [0.2, 0.25) is 0 Å². The van der Waals surface area contributed by atoms with Gasteiger partial charge in [0, 0.05) is 18.5 Å². The molecule has 0 aliphatic heterocycles. The highest BCUT2D eigenvalue weighted by Crippen LogP contribution is 2.45. The van der Waals surface area contributed by atoms with Crippen LogP contribution in [0.4, 0.5) is 5.82 Å². The van der Waals surface area contributed by atoms with Crippen LogP contribution < -0.4 is 5.73 Å². The van der Waals surface area contributed by atoms with E-state index in [2.05, 4.69) is 42.7 Å². The first-order chi connectivity index (χ1) is 9.76. The minimum atomic E-state index is 0.715. The summed E-state index contributed by atoms with van der Waals surface area (Å²) >= 11 is 0. The van der Waals surface area contributed by atoms with Gasteiger partial charge in [-0.15, -0.1) is 0 Å². The molecule has 3 nitrogen and oxygen atoms in total. The minimum absolute atomic E-state index is 0.715. The Morgan fingerprint density at radius 1 is 1.25 bits per heavy atom. The summed E-state index contributed by atoms with van der Waals surface area (Å²) in [5.74, 6) is 2.66. The van der Waals surface area contributed by atoms with Crippen LogP contribution in [0.25, 0.3) is 11.3 Å². The van der Waals surface area contributed by atoms with Gasteiger partial charge in [0.05, 0.1) is 0 Å². The van der Waals surface area contributed by atoms with E-state index in [0.29, 0.717) is 5.92 Å². The normalized spacial score (nSPS) is 14.7. The summed E-state index contributed by atoms with van der Waals surface area (Å²) < 4.78 is 2.16. The third kappa shape index (κ3) is 2.21. The Balaban J connectivity index is 2.10. The number of benzene rings is 1. The molecule has 1 aromatic carbocycles. The van der Waals surface area contributed by atoms with E-state index in [1.165, 1.54) is 24.0 Å². The number of anilines is 1. The van der Waals surface area contributed by atoms with Crippen molar-refractivity contribution in [3.8, 4) is 11.3 Å². The molecule has 1 aliphatic carbocycles. The lowest BCUT2D eigenvalue weighted by atomic mass is 10.0.